The molecule has 1 aromatic carbocycles. The Kier molecular flexibility index (Phi) is 5.60. The van der Waals surface area contributed by atoms with Crippen LogP contribution < -0.4 is 4.74 Å². The van der Waals surface area contributed by atoms with E-state index in [0.717, 1.165) is 0 Å². The van der Waals surface area contributed by atoms with E-state index in [2.05, 4.69) is 20.7 Å². The minimum atomic E-state index is -2.92. The maximum absolute atomic E-state index is 12.1. The molecule has 1 rings (SSSR count). The van der Waals surface area contributed by atoms with Gasteiger partial charge < -0.3 is 4.74 Å². The Balaban J connectivity index is 3.07. The van der Waals surface area contributed by atoms with Gasteiger partial charge in [0.2, 0.25) is 0 Å². The highest BCUT2D eigenvalue weighted by atomic mass is 127. The Labute approximate surface area is 114 Å². The second-order valence-corrected chi connectivity index (χ2v) is 4.81. The fourth-order valence-electron chi connectivity index (χ4n) is 1.18. The zero-order chi connectivity index (χ0) is 12.1. The lowest BCUT2D eigenvalue weighted by Crippen LogP contribution is -2.10. The van der Waals surface area contributed by atoms with Gasteiger partial charge in [-0.05, 0) is 34.7 Å². The van der Waals surface area contributed by atoms with E-state index in [-0.39, 0.29) is 23.5 Å². The van der Waals surface area contributed by atoms with E-state index in [1.807, 2.05) is 22.6 Å². The Morgan fingerprint density at radius 2 is 2.19 bits per heavy atom. The minimum absolute atomic E-state index is 0.0622. The van der Waals surface area contributed by atoms with Crippen LogP contribution in [0.1, 0.15) is 16.8 Å². The molecule has 0 aliphatic rings. The van der Waals surface area contributed by atoms with Gasteiger partial charge in [-0.15, -0.1) is 0 Å². The van der Waals surface area contributed by atoms with E-state index in [0.29, 0.717) is 8.90 Å². The summed E-state index contributed by atoms with van der Waals surface area (Å²) < 4.78 is 29.2. The summed E-state index contributed by atoms with van der Waals surface area (Å²) in [5.41, 5.74) is 0.225. The predicted molar refractivity (Wildman–Crippen MR) is 68.5 cm³/mol. The number of ketones is 1. The Morgan fingerprint density at radius 1 is 1.50 bits per heavy atom. The number of ether oxygens (including phenoxy) is 1. The molecule has 0 bridgehead atoms. The topological polar surface area (TPSA) is 26.3 Å². The lowest BCUT2D eigenvalue weighted by molar-refractivity contribution is -0.0501. The molecule has 0 N–H and O–H groups in total. The monoisotopic (exact) mass is 404 g/mol. The molecule has 0 heterocycles. The number of benzene rings is 1. The molecule has 6 heteroatoms. The molecule has 0 radical (unpaired) electrons. The zero-order valence-electron chi connectivity index (χ0n) is 8.05. The van der Waals surface area contributed by atoms with Crippen molar-refractivity contribution in [2.75, 3.05) is 5.33 Å². The third-order valence-corrected chi connectivity index (χ3v) is 3.09. The quantitative estimate of drug-likeness (QED) is 0.423. The summed E-state index contributed by atoms with van der Waals surface area (Å²) in [5.74, 6) is -0.273. The van der Waals surface area contributed by atoms with E-state index < -0.39 is 6.61 Å². The molecule has 16 heavy (non-hydrogen) atoms. The molecule has 0 unspecified atom stereocenters. The number of Topliss-reactive ketones (excluding diaryl/α,β-unsaturated/α-hetero) is 1. The van der Waals surface area contributed by atoms with Crippen LogP contribution >= 0.6 is 38.5 Å². The lowest BCUT2D eigenvalue weighted by Gasteiger charge is -2.10. The maximum Gasteiger partial charge on any atom is 0.387 e. The Bertz CT molecular complexity index is 385. The fourth-order valence-corrected chi connectivity index (χ4v) is 2.31. The van der Waals surface area contributed by atoms with Crippen LogP contribution in [0.4, 0.5) is 8.78 Å². The minimum Gasteiger partial charge on any atom is -0.434 e. The summed E-state index contributed by atoms with van der Waals surface area (Å²) in [7, 11) is 0. The van der Waals surface area contributed by atoms with Crippen LogP contribution in [0.25, 0.3) is 0 Å². The molecule has 0 fully saturated rings. The smallest absolute Gasteiger partial charge is 0.387 e. The van der Waals surface area contributed by atoms with E-state index in [4.69, 9.17) is 0 Å². The van der Waals surface area contributed by atoms with Gasteiger partial charge in [-0.3, -0.25) is 4.79 Å². The van der Waals surface area contributed by atoms with Crippen LogP contribution in [0.15, 0.2) is 18.2 Å². The van der Waals surface area contributed by atoms with Crippen molar-refractivity contribution in [3.8, 4) is 5.75 Å². The highest BCUT2D eigenvalue weighted by Gasteiger charge is 2.17. The molecule has 0 saturated carbocycles. The zero-order valence-corrected chi connectivity index (χ0v) is 11.8. The number of carbonyl (C=O) groups is 1. The first kappa shape index (κ1) is 13.8. The molecule has 2 nitrogen and oxygen atoms in total. The predicted octanol–water partition coefficient (Wildman–Crippen LogP) is 3.86. The lowest BCUT2D eigenvalue weighted by atomic mass is 10.1. The van der Waals surface area contributed by atoms with Crippen LogP contribution in [0.3, 0.4) is 0 Å². The maximum atomic E-state index is 12.1. The van der Waals surface area contributed by atoms with Gasteiger partial charge in [0.15, 0.2) is 5.78 Å². The van der Waals surface area contributed by atoms with Gasteiger partial charge in [-0.25, -0.2) is 0 Å². The number of carbonyl (C=O) groups excluding carboxylic acids is 1. The van der Waals surface area contributed by atoms with Crippen molar-refractivity contribution in [1.82, 2.24) is 0 Å². The van der Waals surface area contributed by atoms with Gasteiger partial charge >= 0.3 is 6.61 Å². The second-order valence-electron chi connectivity index (χ2n) is 2.85. The van der Waals surface area contributed by atoms with Crippen molar-refractivity contribution in [3.05, 3.63) is 27.3 Å². The van der Waals surface area contributed by atoms with Crippen molar-refractivity contribution in [2.24, 2.45) is 0 Å². The molecule has 88 valence electrons. The largest absolute Gasteiger partial charge is 0.434 e. The molecule has 1 aromatic rings. The number of hydrogen-bond donors (Lipinski definition) is 0. The molecule has 0 spiro atoms. The van der Waals surface area contributed by atoms with Crippen molar-refractivity contribution in [3.63, 3.8) is 0 Å². The third-order valence-electron chi connectivity index (χ3n) is 1.79. The standard InChI is InChI=1S/C10H8BrF2IO2/c11-5-4-7(15)9-6(14)2-1-3-8(9)16-10(12)13/h1-3,10H,4-5H2. The summed E-state index contributed by atoms with van der Waals surface area (Å²) in [5, 5.41) is 0.491. The molecule has 0 saturated heterocycles. The number of alkyl halides is 3. The van der Waals surface area contributed by atoms with Gasteiger partial charge in [-0.2, -0.15) is 8.78 Å². The highest BCUT2D eigenvalue weighted by Crippen LogP contribution is 2.26. The average Bonchev–Trinajstić information content (AvgIpc) is 2.16. The second kappa shape index (κ2) is 6.48. The molecule has 0 aliphatic heterocycles. The fraction of sp³-hybridized carbons (Fsp3) is 0.300. The third kappa shape index (κ3) is 3.65. The molecule has 0 aliphatic carbocycles. The summed E-state index contributed by atoms with van der Waals surface area (Å²) in [4.78, 5) is 11.7. The first-order chi connectivity index (χ1) is 7.56. The average molecular weight is 405 g/mol. The molecule has 0 aromatic heterocycles. The van der Waals surface area contributed by atoms with Crippen LogP contribution in [-0.4, -0.2) is 17.7 Å². The van der Waals surface area contributed by atoms with Crippen molar-refractivity contribution < 1.29 is 18.3 Å². The normalized spacial score (nSPS) is 10.6. The van der Waals surface area contributed by atoms with E-state index in [1.54, 1.807) is 12.1 Å². The Hall–Kier alpha value is -0.240. The van der Waals surface area contributed by atoms with Crippen LogP contribution in [0.5, 0.6) is 5.75 Å². The molecule has 0 amide bonds. The van der Waals surface area contributed by atoms with Crippen LogP contribution in [0, 0.1) is 3.57 Å². The number of rotatable bonds is 5. The van der Waals surface area contributed by atoms with Gasteiger partial charge in [0.1, 0.15) is 5.75 Å². The first-order valence-corrected chi connectivity index (χ1v) is 6.58. The van der Waals surface area contributed by atoms with E-state index >= 15 is 0 Å². The molecular formula is C10H8BrF2IO2. The summed E-state index contributed by atoms with van der Waals surface area (Å²) in [6, 6.07) is 4.63. The van der Waals surface area contributed by atoms with Gasteiger partial charge in [-0.1, -0.05) is 22.0 Å². The van der Waals surface area contributed by atoms with Crippen molar-refractivity contribution in [1.29, 1.82) is 0 Å². The van der Waals surface area contributed by atoms with Crippen molar-refractivity contribution >= 4 is 44.3 Å². The molecule has 0 atom stereocenters. The first-order valence-electron chi connectivity index (χ1n) is 4.38. The van der Waals surface area contributed by atoms with Gasteiger partial charge in [0.25, 0.3) is 0 Å². The van der Waals surface area contributed by atoms with E-state index in [1.165, 1.54) is 6.07 Å². The molecular weight excluding hydrogens is 397 g/mol. The van der Waals surface area contributed by atoms with Crippen LogP contribution in [-0.2, 0) is 0 Å². The van der Waals surface area contributed by atoms with E-state index in [9.17, 15) is 13.6 Å². The Morgan fingerprint density at radius 3 is 2.75 bits per heavy atom. The van der Waals surface area contributed by atoms with Gasteiger partial charge in [0.05, 0.1) is 5.56 Å². The highest BCUT2D eigenvalue weighted by molar-refractivity contribution is 14.1. The summed E-state index contributed by atoms with van der Waals surface area (Å²) in [6.07, 6.45) is 0.250. The summed E-state index contributed by atoms with van der Waals surface area (Å²) in [6.45, 7) is -2.92. The number of hydrogen-bond acceptors (Lipinski definition) is 2. The number of halogens is 4. The SMILES string of the molecule is O=C(CCBr)c1c(I)cccc1OC(F)F. The van der Waals surface area contributed by atoms with Crippen molar-refractivity contribution in [2.45, 2.75) is 13.0 Å². The summed E-state index contributed by atoms with van der Waals surface area (Å²) >= 11 is 5.06. The van der Waals surface area contributed by atoms with Gasteiger partial charge in [0, 0.05) is 15.3 Å². The van der Waals surface area contributed by atoms with Crippen LogP contribution in [0.2, 0.25) is 0 Å².